The molecule has 7 nitrogen and oxygen atoms in total. The maximum atomic E-state index is 12.8. The van der Waals surface area contributed by atoms with Gasteiger partial charge in [-0.05, 0) is 46.6 Å². The quantitative estimate of drug-likeness (QED) is 0.404. The van der Waals surface area contributed by atoms with E-state index >= 15 is 0 Å². The van der Waals surface area contributed by atoms with Gasteiger partial charge in [0.05, 0.1) is 25.9 Å². The van der Waals surface area contributed by atoms with Crippen molar-refractivity contribution >= 4 is 13.3 Å². The largest absolute Gasteiger partial charge is 0.496 e. The van der Waals surface area contributed by atoms with Gasteiger partial charge in [-0.3, -0.25) is 0 Å². The first kappa shape index (κ1) is 21.5. The second kappa shape index (κ2) is 9.82. The molecule has 0 spiro atoms. The van der Waals surface area contributed by atoms with Crippen LogP contribution in [0.1, 0.15) is 23.7 Å². The number of hydrogen-bond acceptors (Lipinski definition) is 7. The topological polar surface area (TPSA) is 88.7 Å². The highest BCUT2D eigenvalue weighted by molar-refractivity contribution is 7.64. The van der Waals surface area contributed by atoms with Crippen molar-refractivity contribution in [2.24, 2.45) is 0 Å². The molecule has 0 bridgehead atoms. The normalized spacial score (nSPS) is 13.3. The summed E-state index contributed by atoms with van der Waals surface area (Å²) in [6.45, 7) is 2.01. The van der Waals surface area contributed by atoms with Crippen LogP contribution in [0, 0.1) is 0 Å². The van der Waals surface area contributed by atoms with Gasteiger partial charge in [0.25, 0.3) is 0 Å². The van der Waals surface area contributed by atoms with Crippen LogP contribution in [0.2, 0.25) is 0 Å². The Morgan fingerprint density at radius 1 is 1.16 bits per heavy atom. The van der Waals surface area contributed by atoms with Crippen LogP contribution in [-0.2, 0) is 4.57 Å². The zero-order valence-electron chi connectivity index (χ0n) is 15.8. The molecule has 25 heavy (non-hydrogen) atoms. The molecule has 1 aromatic carbocycles. The minimum atomic E-state index is -2.14. The molecule has 3 N–H and O–H groups in total. The van der Waals surface area contributed by atoms with Crippen molar-refractivity contribution in [3.63, 3.8) is 0 Å². The lowest BCUT2D eigenvalue weighted by Crippen LogP contribution is -2.55. The number of benzene rings is 1. The van der Waals surface area contributed by atoms with Gasteiger partial charge in [-0.25, -0.2) is 4.79 Å². The molecule has 0 aliphatic carbocycles. The Hall–Kier alpha value is -1.53. The van der Waals surface area contributed by atoms with Gasteiger partial charge in [-0.1, -0.05) is 10.6 Å². The average molecular weight is 370 g/mol. The lowest BCUT2D eigenvalue weighted by atomic mass is 10.0. The molecule has 0 aliphatic rings. The fourth-order valence-electron chi connectivity index (χ4n) is 2.55. The Labute approximate surface area is 150 Å². The van der Waals surface area contributed by atoms with E-state index < -0.39 is 13.3 Å². The fourth-order valence-corrected chi connectivity index (χ4v) is 3.90. The Morgan fingerprint density at radius 2 is 1.68 bits per heavy atom. The Balaban J connectivity index is 2.98. The van der Waals surface area contributed by atoms with Crippen LogP contribution in [-0.4, -0.2) is 58.8 Å². The minimum absolute atomic E-state index is 0.0989. The van der Waals surface area contributed by atoms with E-state index in [1.54, 1.807) is 25.2 Å². The number of hydrogen-bond donors (Lipinski definition) is 3. The first-order chi connectivity index (χ1) is 11.9. The molecular formula is C17H29N3O4P+. The van der Waals surface area contributed by atoms with E-state index in [0.29, 0.717) is 17.9 Å². The average Bonchev–Trinajstić information content (AvgIpc) is 2.65. The highest BCUT2D eigenvalue weighted by Crippen LogP contribution is 2.38. The summed E-state index contributed by atoms with van der Waals surface area (Å²) in [7, 11) is 6.32. The van der Waals surface area contributed by atoms with Gasteiger partial charge < -0.3 is 25.4 Å². The van der Waals surface area contributed by atoms with E-state index in [2.05, 4.69) is 16.0 Å². The summed E-state index contributed by atoms with van der Waals surface area (Å²) in [6, 6.07) is 4.95. The van der Waals surface area contributed by atoms with Gasteiger partial charge in [0.1, 0.15) is 11.5 Å². The van der Waals surface area contributed by atoms with E-state index in [1.807, 2.05) is 21.0 Å². The number of nitrogens with one attached hydrogen (secondary N) is 3. The zero-order valence-corrected chi connectivity index (χ0v) is 16.7. The van der Waals surface area contributed by atoms with Crippen molar-refractivity contribution in [2.75, 3.05) is 41.5 Å². The molecule has 0 fully saturated rings. The smallest absolute Gasteiger partial charge is 0.422 e. The summed E-state index contributed by atoms with van der Waals surface area (Å²) >= 11 is 0. The van der Waals surface area contributed by atoms with E-state index in [0.717, 1.165) is 0 Å². The molecule has 0 saturated carbocycles. The van der Waals surface area contributed by atoms with Crippen LogP contribution >= 0.6 is 7.80 Å². The molecule has 0 saturated heterocycles. The third-order valence-electron chi connectivity index (χ3n) is 4.42. The van der Waals surface area contributed by atoms with Crippen molar-refractivity contribution in [3.05, 3.63) is 23.8 Å². The van der Waals surface area contributed by atoms with Crippen LogP contribution in [0.5, 0.6) is 11.5 Å². The van der Waals surface area contributed by atoms with Crippen LogP contribution in [0.4, 0.5) is 0 Å². The van der Waals surface area contributed by atoms with E-state index in [-0.39, 0.29) is 23.4 Å². The van der Waals surface area contributed by atoms with Crippen molar-refractivity contribution in [3.8, 4) is 11.5 Å². The Morgan fingerprint density at radius 3 is 2.08 bits per heavy atom. The van der Waals surface area contributed by atoms with Gasteiger partial charge in [0.2, 0.25) is 0 Å². The molecule has 2 unspecified atom stereocenters. The molecule has 0 amide bonds. The number of carbonyl (C=O) groups excluding carboxylic acids is 1. The predicted octanol–water partition coefficient (Wildman–Crippen LogP) is 1.80. The molecule has 0 heterocycles. The van der Waals surface area contributed by atoms with Crippen LogP contribution in [0.25, 0.3) is 0 Å². The summed E-state index contributed by atoms with van der Waals surface area (Å²) in [4.78, 5) is 12.8. The summed E-state index contributed by atoms with van der Waals surface area (Å²) in [5.41, 5.74) is -0.553. The van der Waals surface area contributed by atoms with Crippen LogP contribution < -0.4 is 25.4 Å². The Kier molecular flexibility index (Phi) is 8.45. The minimum Gasteiger partial charge on any atom is -0.496 e. The summed E-state index contributed by atoms with van der Waals surface area (Å²) in [5.74, 6) is 0.730. The molecule has 2 atom stereocenters. The summed E-state index contributed by atoms with van der Waals surface area (Å²) in [5, 5.41) is 9.53. The van der Waals surface area contributed by atoms with Gasteiger partial charge in [-0.2, -0.15) is 0 Å². The molecular weight excluding hydrogens is 341 g/mol. The maximum Gasteiger partial charge on any atom is 0.422 e. The SMILES string of the molecule is CNC(C[P+](=O)C(=O)c1c(OC)cccc1OC)CC(C)(NC)NC. The second-order valence-corrected chi connectivity index (χ2v) is 7.45. The van der Waals surface area contributed by atoms with Gasteiger partial charge in [-0.15, -0.1) is 0 Å². The summed E-state index contributed by atoms with van der Waals surface area (Å²) < 4.78 is 23.2. The van der Waals surface area contributed by atoms with Crippen molar-refractivity contribution in [1.29, 1.82) is 0 Å². The fraction of sp³-hybridized carbons (Fsp3) is 0.588. The van der Waals surface area contributed by atoms with Crippen molar-refractivity contribution in [2.45, 2.75) is 25.0 Å². The highest BCUT2D eigenvalue weighted by atomic mass is 31.1. The molecule has 0 aromatic heterocycles. The first-order valence-corrected chi connectivity index (χ1v) is 9.55. The standard InChI is InChI=1S/C17H29N3O4P/c1-17(19-3,20-4)10-12(18-2)11-25(22)16(21)15-13(23-5)8-7-9-14(15)24-6/h7-9,12,18-20H,10-11H2,1-6H3/q+1. The first-order valence-electron chi connectivity index (χ1n) is 8.10. The molecule has 0 aliphatic heterocycles. The summed E-state index contributed by atoms with van der Waals surface area (Å²) in [6.07, 6.45) is 0.888. The maximum absolute atomic E-state index is 12.8. The van der Waals surface area contributed by atoms with Gasteiger partial charge in [0.15, 0.2) is 11.7 Å². The monoisotopic (exact) mass is 370 g/mol. The Bertz CT molecular complexity index is 583. The number of carbonyl (C=O) groups is 1. The lowest BCUT2D eigenvalue weighted by Gasteiger charge is -2.31. The zero-order chi connectivity index (χ0) is 19.0. The van der Waals surface area contributed by atoms with Crippen molar-refractivity contribution < 1.29 is 18.8 Å². The van der Waals surface area contributed by atoms with E-state index in [4.69, 9.17) is 9.47 Å². The molecule has 1 rings (SSSR count). The predicted molar refractivity (Wildman–Crippen MR) is 100 cm³/mol. The van der Waals surface area contributed by atoms with E-state index in [9.17, 15) is 9.36 Å². The third-order valence-corrected chi connectivity index (χ3v) is 5.87. The van der Waals surface area contributed by atoms with Gasteiger partial charge in [0, 0.05) is 0 Å². The molecule has 8 heteroatoms. The lowest BCUT2D eigenvalue weighted by molar-refractivity contribution is 0.107. The number of methoxy groups -OCH3 is 2. The second-order valence-electron chi connectivity index (χ2n) is 5.93. The van der Waals surface area contributed by atoms with Crippen LogP contribution in [0.3, 0.4) is 0 Å². The number of ether oxygens (including phenoxy) is 2. The molecule has 1 aromatic rings. The third kappa shape index (κ3) is 5.47. The van der Waals surface area contributed by atoms with E-state index in [1.165, 1.54) is 14.2 Å². The van der Waals surface area contributed by atoms with Crippen LogP contribution in [0.15, 0.2) is 18.2 Å². The molecule has 140 valence electrons. The van der Waals surface area contributed by atoms with Crippen molar-refractivity contribution in [1.82, 2.24) is 16.0 Å². The number of rotatable bonds is 11. The molecule has 0 radical (unpaired) electrons. The van der Waals surface area contributed by atoms with Gasteiger partial charge >= 0.3 is 13.3 Å². The highest BCUT2D eigenvalue weighted by Gasteiger charge is 2.38.